The van der Waals surface area contributed by atoms with Crippen LogP contribution in [0, 0.1) is 0 Å². The summed E-state index contributed by atoms with van der Waals surface area (Å²) in [6.07, 6.45) is 0. The summed E-state index contributed by atoms with van der Waals surface area (Å²) in [5.74, 6) is 0.704. The number of thiocarbonyl (C=S) groups is 1. The number of methoxy groups -OCH3 is 1. The molecule has 7 heteroatoms. The second kappa shape index (κ2) is 9.53. The quantitative estimate of drug-likeness (QED) is 0.414. The van der Waals surface area contributed by atoms with Gasteiger partial charge in [-0.1, -0.05) is 24.3 Å². The second-order valence-corrected chi connectivity index (χ2v) is 6.01. The highest BCUT2D eigenvalue weighted by atomic mass is 32.1. The number of hydrazone groups is 1. The van der Waals surface area contributed by atoms with Gasteiger partial charge in [0.1, 0.15) is 5.75 Å². The van der Waals surface area contributed by atoms with E-state index in [-0.39, 0.29) is 5.91 Å². The number of ether oxygens (including phenoxy) is 1. The van der Waals surface area contributed by atoms with Gasteiger partial charge in [-0.2, -0.15) is 5.10 Å². The first-order valence-electron chi connectivity index (χ1n) is 8.07. The van der Waals surface area contributed by atoms with Crippen LogP contribution in [-0.4, -0.2) is 23.8 Å². The number of carbonyl (C=O) groups is 1. The highest BCUT2D eigenvalue weighted by Gasteiger charge is 2.02. The van der Waals surface area contributed by atoms with Gasteiger partial charge in [0.2, 0.25) is 5.91 Å². The molecule has 0 saturated heterocycles. The lowest BCUT2D eigenvalue weighted by Crippen LogP contribution is -2.32. The Morgan fingerprint density at radius 1 is 1.15 bits per heavy atom. The maximum Gasteiger partial charge on any atom is 0.221 e. The van der Waals surface area contributed by atoms with E-state index in [0.717, 1.165) is 28.3 Å². The largest absolute Gasteiger partial charge is 0.497 e. The Balaban J connectivity index is 1.89. The van der Waals surface area contributed by atoms with Crippen LogP contribution in [0.5, 0.6) is 5.75 Å². The zero-order valence-corrected chi connectivity index (χ0v) is 15.8. The number of hydrogen-bond acceptors (Lipinski definition) is 4. The van der Waals surface area contributed by atoms with Crippen molar-refractivity contribution in [1.82, 2.24) is 10.7 Å². The molecular weight excluding hydrogens is 348 g/mol. The molecule has 0 heterocycles. The highest BCUT2D eigenvalue weighted by molar-refractivity contribution is 7.80. The fourth-order valence-electron chi connectivity index (χ4n) is 2.19. The summed E-state index contributed by atoms with van der Waals surface area (Å²) in [4.78, 5) is 11.1. The van der Waals surface area contributed by atoms with Crippen molar-refractivity contribution >= 4 is 34.6 Å². The standard InChI is InChI=1S/C19H22N4O2S/c1-13(16-5-4-6-17(11-16)21-14(2)24)22-23-19(26)20-12-15-7-9-18(25-3)10-8-15/h4-11H,12H2,1-3H3,(H,21,24)(H2,20,23,26)/b22-13-. The van der Waals surface area contributed by atoms with Gasteiger partial charge >= 0.3 is 0 Å². The van der Waals surface area contributed by atoms with E-state index in [2.05, 4.69) is 21.2 Å². The van der Waals surface area contributed by atoms with Crippen molar-refractivity contribution in [2.45, 2.75) is 20.4 Å². The molecule has 2 aromatic carbocycles. The SMILES string of the molecule is COc1ccc(CNC(=S)N/N=C(/C)c2cccc(NC(C)=O)c2)cc1. The first kappa shape index (κ1) is 19.4. The predicted octanol–water partition coefficient (Wildman–Crippen LogP) is 3.04. The van der Waals surface area contributed by atoms with Crippen molar-refractivity contribution in [3.05, 3.63) is 59.7 Å². The zero-order chi connectivity index (χ0) is 18.9. The molecule has 0 aromatic heterocycles. The summed E-state index contributed by atoms with van der Waals surface area (Å²) in [5.41, 5.74) is 6.28. The van der Waals surface area contributed by atoms with Gasteiger partial charge in [-0.3, -0.25) is 10.2 Å². The fraction of sp³-hybridized carbons (Fsp3) is 0.211. The van der Waals surface area contributed by atoms with Gasteiger partial charge in [-0.05, 0) is 54.5 Å². The van der Waals surface area contributed by atoms with E-state index in [0.29, 0.717) is 11.7 Å². The molecule has 3 N–H and O–H groups in total. The van der Waals surface area contributed by atoms with Gasteiger partial charge in [0.05, 0.1) is 12.8 Å². The average Bonchev–Trinajstić information content (AvgIpc) is 2.64. The van der Waals surface area contributed by atoms with Gasteiger partial charge in [0, 0.05) is 19.2 Å². The normalized spacial score (nSPS) is 10.8. The minimum absolute atomic E-state index is 0.112. The van der Waals surface area contributed by atoms with Crippen LogP contribution in [-0.2, 0) is 11.3 Å². The molecule has 0 radical (unpaired) electrons. The summed E-state index contributed by atoms with van der Waals surface area (Å²) in [5, 5.41) is 10.6. The van der Waals surface area contributed by atoms with Crippen LogP contribution in [0.25, 0.3) is 0 Å². The molecule has 0 unspecified atom stereocenters. The zero-order valence-electron chi connectivity index (χ0n) is 15.0. The molecule has 0 bridgehead atoms. The number of benzene rings is 2. The lowest BCUT2D eigenvalue weighted by atomic mass is 10.1. The molecule has 1 amide bonds. The number of rotatable bonds is 6. The summed E-state index contributed by atoms with van der Waals surface area (Å²) in [7, 11) is 1.64. The lowest BCUT2D eigenvalue weighted by molar-refractivity contribution is -0.114. The number of nitrogens with one attached hydrogen (secondary N) is 3. The van der Waals surface area contributed by atoms with Gasteiger partial charge < -0.3 is 15.4 Å². The number of carbonyl (C=O) groups excluding carboxylic acids is 1. The third-order valence-corrected chi connectivity index (χ3v) is 3.77. The number of nitrogens with zero attached hydrogens (tertiary/aromatic N) is 1. The Kier molecular flexibility index (Phi) is 7.11. The van der Waals surface area contributed by atoms with Crippen LogP contribution < -0.4 is 20.8 Å². The van der Waals surface area contributed by atoms with Gasteiger partial charge in [-0.25, -0.2) is 0 Å². The smallest absolute Gasteiger partial charge is 0.221 e. The topological polar surface area (TPSA) is 74.8 Å². The second-order valence-electron chi connectivity index (χ2n) is 5.60. The molecule has 0 atom stereocenters. The lowest BCUT2D eigenvalue weighted by Gasteiger charge is -2.09. The van der Waals surface area contributed by atoms with Gasteiger partial charge in [-0.15, -0.1) is 0 Å². The Hall–Kier alpha value is -2.93. The minimum Gasteiger partial charge on any atom is -0.497 e. The summed E-state index contributed by atoms with van der Waals surface area (Å²) in [6, 6.07) is 15.2. The van der Waals surface area contributed by atoms with E-state index in [4.69, 9.17) is 17.0 Å². The van der Waals surface area contributed by atoms with Crippen LogP contribution in [0.15, 0.2) is 53.6 Å². The van der Waals surface area contributed by atoms with Crippen LogP contribution in [0.2, 0.25) is 0 Å². The van der Waals surface area contributed by atoms with E-state index in [1.165, 1.54) is 6.92 Å². The van der Waals surface area contributed by atoms with E-state index in [1.54, 1.807) is 7.11 Å². The van der Waals surface area contributed by atoms with Crippen LogP contribution in [0.4, 0.5) is 5.69 Å². The molecule has 6 nitrogen and oxygen atoms in total. The molecule has 2 aromatic rings. The van der Waals surface area contributed by atoms with Crippen LogP contribution in [0.3, 0.4) is 0 Å². The van der Waals surface area contributed by atoms with Gasteiger partial charge in [0.15, 0.2) is 5.11 Å². The van der Waals surface area contributed by atoms with Crippen molar-refractivity contribution in [3.8, 4) is 5.75 Å². The van der Waals surface area contributed by atoms with E-state index in [1.807, 2.05) is 55.5 Å². The molecule has 0 spiro atoms. The van der Waals surface area contributed by atoms with Crippen LogP contribution >= 0.6 is 12.2 Å². The molecule has 26 heavy (non-hydrogen) atoms. The van der Waals surface area contributed by atoms with Crippen molar-refractivity contribution in [2.75, 3.05) is 12.4 Å². The minimum atomic E-state index is -0.112. The predicted molar refractivity (Wildman–Crippen MR) is 109 cm³/mol. The molecular formula is C19H22N4O2S. The molecule has 0 aliphatic rings. The number of anilines is 1. The van der Waals surface area contributed by atoms with Crippen molar-refractivity contribution < 1.29 is 9.53 Å². The molecule has 0 aliphatic carbocycles. The molecule has 0 fully saturated rings. The average molecular weight is 370 g/mol. The van der Waals surface area contributed by atoms with Crippen molar-refractivity contribution in [1.29, 1.82) is 0 Å². The van der Waals surface area contributed by atoms with E-state index < -0.39 is 0 Å². The molecule has 2 rings (SSSR count). The summed E-state index contributed by atoms with van der Waals surface area (Å²) >= 11 is 5.24. The monoisotopic (exact) mass is 370 g/mol. The Labute approximate surface area is 158 Å². The first-order valence-corrected chi connectivity index (χ1v) is 8.48. The fourth-order valence-corrected chi connectivity index (χ4v) is 2.31. The number of amides is 1. The summed E-state index contributed by atoms with van der Waals surface area (Å²) < 4.78 is 5.13. The Morgan fingerprint density at radius 2 is 1.88 bits per heavy atom. The van der Waals surface area contributed by atoms with Gasteiger partial charge in [0.25, 0.3) is 0 Å². The summed E-state index contributed by atoms with van der Waals surface area (Å²) in [6.45, 7) is 3.93. The van der Waals surface area contributed by atoms with E-state index >= 15 is 0 Å². The van der Waals surface area contributed by atoms with Crippen molar-refractivity contribution in [2.24, 2.45) is 5.10 Å². The molecule has 136 valence electrons. The van der Waals surface area contributed by atoms with Crippen molar-refractivity contribution in [3.63, 3.8) is 0 Å². The third-order valence-electron chi connectivity index (χ3n) is 3.54. The number of hydrogen-bond donors (Lipinski definition) is 3. The van der Waals surface area contributed by atoms with E-state index in [9.17, 15) is 4.79 Å². The van der Waals surface area contributed by atoms with Crippen LogP contribution in [0.1, 0.15) is 25.0 Å². The third kappa shape index (κ3) is 6.18. The maximum atomic E-state index is 11.1. The molecule has 0 aliphatic heterocycles. The Morgan fingerprint density at radius 3 is 2.54 bits per heavy atom. The Bertz CT molecular complexity index is 803. The maximum absolute atomic E-state index is 11.1. The molecule has 0 saturated carbocycles. The highest BCUT2D eigenvalue weighted by Crippen LogP contribution is 2.12. The first-order chi connectivity index (χ1) is 12.5.